The third kappa shape index (κ3) is 17.3. The number of anilines is 1. The molecule has 2 aliphatic rings. The number of aromatic nitrogens is 1. The Morgan fingerprint density at radius 2 is 1.48 bits per heavy atom. The lowest BCUT2D eigenvalue weighted by Crippen LogP contribution is -2.52. The first-order valence-corrected chi connectivity index (χ1v) is 23.7. The number of ether oxygens (including phenoxy) is 5. The highest BCUT2D eigenvalue weighted by Crippen LogP contribution is 2.37. The number of benzene rings is 2. The van der Waals surface area contributed by atoms with E-state index in [9.17, 15) is 9.59 Å². The Kier molecular flexibility index (Phi) is 22.2. The predicted octanol–water partition coefficient (Wildman–Crippen LogP) is 9.19. The topological polar surface area (TPSA) is 133 Å². The summed E-state index contributed by atoms with van der Waals surface area (Å²) in [5, 5.41) is 11.0. The van der Waals surface area contributed by atoms with Crippen LogP contribution in [0.4, 0.5) is 5.69 Å². The molecule has 1 amide bonds. The molecule has 0 bridgehead atoms. The molecule has 1 fully saturated rings. The van der Waals surface area contributed by atoms with Crippen molar-refractivity contribution >= 4 is 23.3 Å². The first-order valence-electron chi connectivity index (χ1n) is 23.7. The first-order chi connectivity index (χ1) is 31.3. The molecule has 2 aliphatic heterocycles. The van der Waals surface area contributed by atoms with E-state index in [4.69, 9.17) is 18.9 Å². The summed E-state index contributed by atoms with van der Waals surface area (Å²) in [6, 6.07) is 20.0. The van der Waals surface area contributed by atoms with Gasteiger partial charge in [0.1, 0.15) is 5.75 Å². The number of pyridine rings is 1. The molecule has 1 saturated heterocycles. The molecule has 0 spiro atoms. The lowest BCUT2D eigenvalue weighted by atomic mass is 9.80. The Morgan fingerprint density at radius 1 is 0.828 bits per heavy atom. The number of carbonyl (C=O) groups excluding carboxylic acids is 2. The number of allylic oxidation sites excluding steroid dienone is 2. The van der Waals surface area contributed by atoms with E-state index in [-0.39, 0.29) is 17.4 Å². The molecule has 0 saturated carbocycles. The zero-order chi connectivity index (χ0) is 45.2. The maximum absolute atomic E-state index is 13.5. The largest absolute Gasteiger partial charge is 0.494 e. The Balaban J connectivity index is 0.983. The molecule has 3 N–H and O–H groups in total. The number of methoxy groups -OCH3 is 1. The predicted molar refractivity (Wildman–Crippen MR) is 255 cm³/mol. The summed E-state index contributed by atoms with van der Waals surface area (Å²) in [6.45, 7) is 11.3. The number of hydrogen-bond donors (Lipinski definition) is 3. The van der Waals surface area contributed by atoms with Gasteiger partial charge in [-0.05, 0) is 125 Å². The summed E-state index contributed by atoms with van der Waals surface area (Å²) < 4.78 is 27.5. The minimum atomic E-state index is -0.323. The molecule has 1 aromatic heterocycles. The maximum atomic E-state index is 13.5. The number of esters is 1. The fourth-order valence-corrected chi connectivity index (χ4v) is 8.24. The summed E-state index contributed by atoms with van der Waals surface area (Å²) in [7, 11) is 3.61. The van der Waals surface area contributed by atoms with Crippen molar-refractivity contribution in [2.24, 2.45) is 11.8 Å². The monoisotopic (exact) mass is 882 g/mol. The number of hydrogen-bond acceptors (Lipinski definition) is 11. The van der Waals surface area contributed by atoms with Gasteiger partial charge >= 0.3 is 5.97 Å². The zero-order valence-electron chi connectivity index (χ0n) is 39.0. The van der Waals surface area contributed by atoms with Crippen LogP contribution in [0, 0.1) is 11.8 Å². The molecule has 3 aromatic rings. The molecule has 3 heterocycles. The van der Waals surface area contributed by atoms with E-state index in [1.165, 1.54) is 12.8 Å². The standard InChI is InChI=1S/C52H75N5O7/c1-5-43-39-48(44-23-27-53-28-24-44)55-49(22-17-41(43)2)52(25-29-57(3)30-26-52)56-46-15-13-14-45(38-46)51(59)54-40-42-18-20-47(21-19-42)64-33-12-7-6-10-31-61-34-36-63-37-35-62-32-11-8-9-16-50(58)60-4/h13-15,18-24,27-28,38-39,41,43,55-56H,5-12,16-17,25-26,29-37,40H2,1-4H3,(H,54,59)/b48-39-,49-22+. The fourth-order valence-electron chi connectivity index (χ4n) is 8.24. The van der Waals surface area contributed by atoms with Crippen molar-refractivity contribution in [3.8, 4) is 5.75 Å². The average Bonchev–Trinajstić information content (AvgIpc) is 3.32. The van der Waals surface area contributed by atoms with Crippen LogP contribution < -0.4 is 20.7 Å². The van der Waals surface area contributed by atoms with Gasteiger partial charge in [-0.3, -0.25) is 14.6 Å². The van der Waals surface area contributed by atoms with E-state index in [0.717, 1.165) is 119 Å². The third-order valence-electron chi connectivity index (χ3n) is 12.4. The Labute approximate surface area is 382 Å². The molecule has 12 heteroatoms. The van der Waals surface area contributed by atoms with Crippen LogP contribution in [0.2, 0.25) is 0 Å². The van der Waals surface area contributed by atoms with Gasteiger partial charge < -0.3 is 44.5 Å². The number of piperidine rings is 1. The van der Waals surface area contributed by atoms with Gasteiger partial charge in [-0.1, -0.05) is 57.0 Å². The normalized spacial score (nSPS) is 19.2. The Morgan fingerprint density at radius 3 is 2.16 bits per heavy atom. The van der Waals surface area contributed by atoms with Crippen LogP contribution >= 0.6 is 0 Å². The minimum Gasteiger partial charge on any atom is -0.494 e. The molecular weight excluding hydrogens is 807 g/mol. The summed E-state index contributed by atoms with van der Waals surface area (Å²) in [5.74, 6) is 1.55. The third-order valence-corrected chi connectivity index (χ3v) is 12.4. The van der Waals surface area contributed by atoms with Crippen LogP contribution in [0.3, 0.4) is 0 Å². The van der Waals surface area contributed by atoms with Crippen molar-refractivity contribution in [2.75, 3.05) is 78.8 Å². The van der Waals surface area contributed by atoms with Crippen LogP contribution in [-0.2, 0) is 30.3 Å². The molecule has 2 unspecified atom stereocenters. The van der Waals surface area contributed by atoms with Crippen LogP contribution in [0.5, 0.6) is 5.75 Å². The van der Waals surface area contributed by atoms with Crippen LogP contribution in [0.25, 0.3) is 5.70 Å². The summed E-state index contributed by atoms with van der Waals surface area (Å²) >= 11 is 0. The van der Waals surface area contributed by atoms with Gasteiger partial charge in [-0.25, -0.2) is 0 Å². The molecular formula is C52H75N5O7. The van der Waals surface area contributed by atoms with Crippen molar-refractivity contribution in [3.63, 3.8) is 0 Å². The van der Waals surface area contributed by atoms with Crippen LogP contribution in [-0.4, -0.2) is 101 Å². The lowest BCUT2D eigenvalue weighted by molar-refractivity contribution is -0.140. The fraction of sp³-hybridized carbons (Fsp3) is 0.558. The number of rotatable bonds is 28. The molecule has 0 aliphatic carbocycles. The van der Waals surface area contributed by atoms with Gasteiger partial charge in [0.05, 0.1) is 45.7 Å². The molecule has 12 nitrogen and oxygen atoms in total. The molecule has 350 valence electrons. The van der Waals surface area contributed by atoms with Gasteiger partial charge in [0, 0.05) is 79.9 Å². The lowest BCUT2D eigenvalue weighted by Gasteiger charge is -2.45. The van der Waals surface area contributed by atoms with Crippen molar-refractivity contribution < 1.29 is 33.3 Å². The molecule has 5 rings (SSSR count). The van der Waals surface area contributed by atoms with E-state index in [0.29, 0.717) is 70.0 Å². The number of nitrogens with zero attached hydrogens (tertiary/aromatic N) is 2. The molecule has 2 aromatic carbocycles. The highest BCUT2D eigenvalue weighted by Gasteiger charge is 2.38. The second kappa shape index (κ2) is 28.2. The Bertz CT molecular complexity index is 1860. The second-order valence-electron chi connectivity index (χ2n) is 17.2. The smallest absolute Gasteiger partial charge is 0.305 e. The van der Waals surface area contributed by atoms with E-state index in [2.05, 4.69) is 81.8 Å². The van der Waals surface area contributed by atoms with Gasteiger partial charge in [0.2, 0.25) is 0 Å². The van der Waals surface area contributed by atoms with Gasteiger partial charge in [0.25, 0.3) is 5.91 Å². The molecule has 64 heavy (non-hydrogen) atoms. The van der Waals surface area contributed by atoms with E-state index in [1.54, 1.807) is 0 Å². The van der Waals surface area contributed by atoms with Gasteiger partial charge in [0.15, 0.2) is 0 Å². The van der Waals surface area contributed by atoms with Gasteiger partial charge in [-0.2, -0.15) is 0 Å². The van der Waals surface area contributed by atoms with E-state index < -0.39 is 0 Å². The SMILES string of the molecule is CCC1/C=C(/c2ccncc2)N/C(C2(Nc3cccc(C(=O)NCc4ccc(OCCCCCCOCCOCCOCCCCCC(=O)OC)cc4)c3)CCN(C)CC2)=C/CC1C. The zero-order valence-corrected chi connectivity index (χ0v) is 39.0. The van der Waals surface area contributed by atoms with Crippen molar-refractivity contribution in [1.29, 1.82) is 0 Å². The number of nitrogens with one attached hydrogen (secondary N) is 3. The maximum Gasteiger partial charge on any atom is 0.305 e. The van der Waals surface area contributed by atoms with Crippen molar-refractivity contribution in [2.45, 2.75) is 103 Å². The summed E-state index contributed by atoms with van der Waals surface area (Å²) in [6.07, 6.45) is 19.9. The highest BCUT2D eigenvalue weighted by atomic mass is 16.5. The van der Waals surface area contributed by atoms with Crippen molar-refractivity contribution in [3.05, 3.63) is 108 Å². The van der Waals surface area contributed by atoms with E-state index >= 15 is 0 Å². The average molecular weight is 882 g/mol. The van der Waals surface area contributed by atoms with E-state index in [1.807, 2.05) is 54.9 Å². The minimum absolute atomic E-state index is 0.107. The highest BCUT2D eigenvalue weighted by molar-refractivity contribution is 5.95. The first kappa shape index (κ1) is 50.3. The van der Waals surface area contributed by atoms with Crippen molar-refractivity contribution in [1.82, 2.24) is 20.5 Å². The molecule has 0 radical (unpaired) electrons. The number of likely N-dealkylation sites (tertiary alicyclic amines) is 1. The quantitative estimate of drug-likeness (QED) is 0.0477. The van der Waals surface area contributed by atoms with Gasteiger partial charge in [-0.15, -0.1) is 0 Å². The number of carbonyl (C=O) groups is 2. The van der Waals surface area contributed by atoms with Crippen LogP contribution in [0.1, 0.15) is 112 Å². The second-order valence-corrected chi connectivity index (χ2v) is 17.2. The summed E-state index contributed by atoms with van der Waals surface area (Å²) in [4.78, 5) is 31.3. The molecule has 2 atom stereocenters. The summed E-state index contributed by atoms with van der Waals surface area (Å²) in [5.41, 5.74) is 5.71. The number of amides is 1. The Hall–Kier alpha value is -4.75. The van der Waals surface area contributed by atoms with Crippen LogP contribution in [0.15, 0.2) is 90.9 Å². The number of unbranched alkanes of at least 4 members (excludes halogenated alkanes) is 5.